The van der Waals surface area contributed by atoms with Crippen molar-refractivity contribution < 1.29 is 10.2 Å². The first-order valence-electron chi connectivity index (χ1n) is 12.6. The normalized spacial score (nSPS) is 13.3. The topological polar surface area (TPSA) is 40.5 Å². The van der Waals surface area contributed by atoms with Gasteiger partial charge >= 0.3 is 0 Å². The van der Waals surface area contributed by atoms with Gasteiger partial charge < -0.3 is 10.2 Å². The van der Waals surface area contributed by atoms with Crippen LogP contribution in [0.4, 0.5) is 0 Å². The van der Waals surface area contributed by atoms with Crippen LogP contribution in [0.2, 0.25) is 0 Å². The molecule has 172 valence electrons. The summed E-state index contributed by atoms with van der Waals surface area (Å²) in [6.07, 6.45) is 12.5. The lowest BCUT2D eigenvalue weighted by Gasteiger charge is -2.17. The number of phenolic OH excluding ortho intramolecular Hbond substituents is 2. The Kier molecular flexibility index (Phi) is 11.0. The van der Waals surface area contributed by atoms with E-state index >= 15 is 0 Å². The Balaban J connectivity index is 2.13. The first kappa shape index (κ1) is 25.3. The van der Waals surface area contributed by atoms with Gasteiger partial charge in [0.05, 0.1) is 0 Å². The van der Waals surface area contributed by atoms with Crippen molar-refractivity contribution in [3.05, 3.63) is 58.7 Å². The Labute approximate surface area is 190 Å². The van der Waals surface area contributed by atoms with Crippen molar-refractivity contribution >= 4 is 0 Å². The highest BCUT2D eigenvalue weighted by Crippen LogP contribution is 2.29. The second-order valence-electron chi connectivity index (χ2n) is 9.34. The number of unbranched alkanes of at least 4 members (excludes halogenated alkanes) is 2. The molecule has 0 saturated carbocycles. The first-order chi connectivity index (χ1) is 15.0. The largest absolute Gasteiger partial charge is 0.508 e. The Morgan fingerprint density at radius 3 is 1.42 bits per heavy atom. The number of aromatic hydroxyl groups is 2. The number of phenols is 2. The molecule has 0 aliphatic rings. The van der Waals surface area contributed by atoms with Gasteiger partial charge in [0, 0.05) is 0 Å². The molecule has 0 aliphatic carbocycles. The van der Waals surface area contributed by atoms with Gasteiger partial charge in [0.25, 0.3) is 0 Å². The maximum atomic E-state index is 10.4. The van der Waals surface area contributed by atoms with E-state index in [-0.39, 0.29) is 0 Å². The summed E-state index contributed by atoms with van der Waals surface area (Å²) in [6.45, 7) is 8.99. The van der Waals surface area contributed by atoms with Gasteiger partial charge in [-0.1, -0.05) is 103 Å². The maximum Gasteiger partial charge on any atom is 0.118 e. The van der Waals surface area contributed by atoms with E-state index < -0.39 is 0 Å². The van der Waals surface area contributed by atoms with Crippen LogP contribution >= 0.6 is 0 Å². The molecule has 2 unspecified atom stereocenters. The van der Waals surface area contributed by atoms with Crippen LogP contribution in [0.1, 0.15) is 101 Å². The van der Waals surface area contributed by atoms with Crippen molar-refractivity contribution in [1.82, 2.24) is 0 Å². The van der Waals surface area contributed by atoms with Crippen LogP contribution in [0.15, 0.2) is 36.4 Å². The van der Waals surface area contributed by atoms with E-state index in [1.165, 1.54) is 49.7 Å². The van der Waals surface area contributed by atoms with Crippen molar-refractivity contribution in [1.29, 1.82) is 0 Å². The quantitative estimate of drug-likeness (QED) is 0.321. The molecule has 0 saturated heterocycles. The summed E-state index contributed by atoms with van der Waals surface area (Å²) >= 11 is 0. The van der Waals surface area contributed by atoms with E-state index in [0.29, 0.717) is 23.3 Å². The lowest BCUT2D eigenvalue weighted by Crippen LogP contribution is -2.05. The van der Waals surface area contributed by atoms with E-state index in [1.54, 1.807) is 0 Å². The van der Waals surface area contributed by atoms with Gasteiger partial charge in [0.15, 0.2) is 0 Å². The minimum atomic E-state index is 0.423. The van der Waals surface area contributed by atoms with E-state index in [1.807, 2.05) is 24.3 Å². The molecule has 2 heteroatoms. The van der Waals surface area contributed by atoms with E-state index in [0.717, 1.165) is 43.2 Å². The molecule has 2 aromatic carbocycles. The van der Waals surface area contributed by atoms with Gasteiger partial charge in [-0.25, -0.2) is 0 Å². The summed E-state index contributed by atoms with van der Waals surface area (Å²) in [5.74, 6) is 2.12. The molecule has 0 amide bonds. The number of hydrogen-bond donors (Lipinski definition) is 2. The highest BCUT2D eigenvalue weighted by molar-refractivity contribution is 5.41. The number of hydrogen-bond acceptors (Lipinski definition) is 2. The van der Waals surface area contributed by atoms with Crippen molar-refractivity contribution in [2.24, 2.45) is 11.8 Å². The fourth-order valence-electron chi connectivity index (χ4n) is 4.57. The Morgan fingerprint density at radius 2 is 1.06 bits per heavy atom. The standard InChI is InChI=1S/C29H44O2/c1-5-9-11-22(7-3)18-26-20-24(13-15-28(26)30)17-25-14-16-29(31)27(21-25)19-23(8-4)12-10-6-2/h13-16,20-23,30-31H,5-12,17-19H2,1-4H3. The van der Waals surface area contributed by atoms with Crippen LogP contribution in [0.5, 0.6) is 11.5 Å². The van der Waals surface area contributed by atoms with Crippen molar-refractivity contribution in [2.75, 3.05) is 0 Å². The SMILES string of the molecule is CCCCC(CC)Cc1cc(Cc2ccc(O)c(CC(CC)CCCC)c2)ccc1O. The van der Waals surface area contributed by atoms with Crippen LogP contribution in [0.3, 0.4) is 0 Å². The third-order valence-corrected chi connectivity index (χ3v) is 6.80. The van der Waals surface area contributed by atoms with E-state index in [2.05, 4.69) is 39.8 Å². The molecule has 2 N–H and O–H groups in total. The molecule has 2 atom stereocenters. The highest BCUT2D eigenvalue weighted by atomic mass is 16.3. The summed E-state index contributed by atoms with van der Waals surface area (Å²) in [5, 5.41) is 20.8. The monoisotopic (exact) mass is 424 g/mol. The number of rotatable bonds is 14. The molecule has 2 aromatic rings. The molecule has 31 heavy (non-hydrogen) atoms. The highest BCUT2D eigenvalue weighted by Gasteiger charge is 2.13. The van der Waals surface area contributed by atoms with Gasteiger partial charge in [0.1, 0.15) is 11.5 Å². The second kappa shape index (κ2) is 13.5. The molecule has 0 heterocycles. The summed E-state index contributed by atoms with van der Waals surface area (Å²) in [6, 6.07) is 12.2. The van der Waals surface area contributed by atoms with Gasteiger partial charge in [0.2, 0.25) is 0 Å². The smallest absolute Gasteiger partial charge is 0.118 e. The molecule has 2 nitrogen and oxygen atoms in total. The molecule has 2 rings (SSSR count). The predicted molar refractivity (Wildman–Crippen MR) is 133 cm³/mol. The van der Waals surface area contributed by atoms with Crippen LogP contribution < -0.4 is 0 Å². The Hall–Kier alpha value is -1.96. The zero-order valence-electron chi connectivity index (χ0n) is 20.3. The minimum absolute atomic E-state index is 0.423. The van der Waals surface area contributed by atoms with E-state index in [9.17, 15) is 10.2 Å². The van der Waals surface area contributed by atoms with Crippen molar-refractivity contribution in [2.45, 2.75) is 98.3 Å². The Bertz CT molecular complexity index is 715. The average Bonchev–Trinajstić information content (AvgIpc) is 2.78. The molecular weight excluding hydrogens is 380 g/mol. The number of benzene rings is 2. The fraction of sp³-hybridized carbons (Fsp3) is 0.586. The van der Waals surface area contributed by atoms with Crippen LogP contribution in [-0.2, 0) is 19.3 Å². The van der Waals surface area contributed by atoms with Crippen molar-refractivity contribution in [3.63, 3.8) is 0 Å². The molecule has 0 radical (unpaired) electrons. The summed E-state index contributed by atoms with van der Waals surface area (Å²) < 4.78 is 0. The van der Waals surface area contributed by atoms with E-state index in [4.69, 9.17) is 0 Å². The van der Waals surface area contributed by atoms with Crippen LogP contribution in [0.25, 0.3) is 0 Å². The van der Waals surface area contributed by atoms with Gasteiger partial charge in [-0.15, -0.1) is 0 Å². The first-order valence-corrected chi connectivity index (χ1v) is 12.6. The van der Waals surface area contributed by atoms with Crippen LogP contribution in [-0.4, -0.2) is 10.2 Å². The lowest BCUT2D eigenvalue weighted by atomic mass is 9.89. The minimum Gasteiger partial charge on any atom is -0.508 e. The van der Waals surface area contributed by atoms with Gasteiger partial charge in [-0.3, -0.25) is 0 Å². The second-order valence-corrected chi connectivity index (χ2v) is 9.34. The van der Waals surface area contributed by atoms with Gasteiger partial charge in [-0.05, 0) is 65.5 Å². The fourth-order valence-corrected chi connectivity index (χ4v) is 4.57. The zero-order chi connectivity index (χ0) is 22.6. The van der Waals surface area contributed by atoms with Gasteiger partial charge in [-0.2, -0.15) is 0 Å². The molecule has 0 bridgehead atoms. The van der Waals surface area contributed by atoms with Crippen LogP contribution in [0, 0.1) is 11.8 Å². The molecular formula is C29H44O2. The summed E-state index contributed by atoms with van der Waals surface area (Å²) in [5.41, 5.74) is 4.61. The Morgan fingerprint density at radius 1 is 0.645 bits per heavy atom. The third-order valence-electron chi connectivity index (χ3n) is 6.80. The third kappa shape index (κ3) is 8.24. The average molecular weight is 425 g/mol. The molecule has 0 spiro atoms. The maximum absolute atomic E-state index is 10.4. The predicted octanol–water partition coefficient (Wildman–Crippen LogP) is 8.21. The summed E-state index contributed by atoms with van der Waals surface area (Å²) in [7, 11) is 0. The zero-order valence-corrected chi connectivity index (χ0v) is 20.3. The van der Waals surface area contributed by atoms with Crippen molar-refractivity contribution in [3.8, 4) is 11.5 Å². The lowest BCUT2D eigenvalue weighted by molar-refractivity contribution is 0.426. The molecule has 0 aromatic heterocycles. The summed E-state index contributed by atoms with van der Waals surface area (Å²) in [4.78, 5) is 0. The molecule has 0 aliphatic heterocycles. The molecule has 0 fully saturated rings.